The van der Waals surface area contributed by atoms with Crippen LogP contribution in [-0.4, -0.2) is 44.0 Å². The van der Waals surface area contributed by atoms with E-state index in [1.165, 1.54) is 0 Å². The van der Waals surface area contributed by atoms with Crippen LogP contribution in [0.2, 0.25) is 0 Å². The number of carbonyl (C=O) groups excluding carboxylic acids is 2. The Hall–Kier alpha value is -2.63. The molecule has 0 aromatic heterocycles. The summed E-state index contributed by atoms with van der Waals surface area (Å²) in [7, 11) is 3.95. The van der Waals surface area contributed by atoms with Crippen LogP contribution in [0.15, 0.2) is 35.9 Å². The van der Waals surface area contributed by atoms with Crippen molar-refractivity contribution in [2.45, 2.75) is 59.3 Å². The molecule has 0 radical (unpaired) electrons. The van der Waals surface area contributed by atoms with Gasteiger partial charge in [-0.2, -0.15) is 0 Å². The first-order valence-electron chi connectivity index (χ1n) is 13.9. The SMILES string of the molecule is CC(C)C1=CC2CC3(C=O)C4CC[C@@H](C)C4CC2(CCOC(=O)Cc2ccc(N(C)C)cc2)C13C(=O)O. The number of esters is 1. The van der Waals surface area contributed by atoms with E-state index in [0.717, 1.165) is 42.4 Å². The molecule has 6 heteroatoms. The van der Waals surface area contributed by atoms with Crippen molar-refractivity contribution in [2.24, 2.45) is 45.8 Å². The Balaban J connectivity index is 1.41. The fraction of sp³-hybridized carbons (Fsp3) is 0.645. The Morgan fingerprint density at radius 3 is 2.46 bits per heavy atom. The normalized spacial score (nSPS) is 37.3. The maximum absolute atomic E-state index is 13.5. The number of nitrogens with zero attached hydrogens (tertiary/aromatic N) is 1. The third-order valence-corrected chi connectivity index (χ3v) is 10.7. The van der Waals surface area contributed by atoms with Gasteiger partial charge in [-0.15, -0.1) is 0 Å². The number of hydrogen-bond donors (Lipinski definition) is 1. The fourth-order valence-electron chi connectivity index (χ4n) is 9.31. The molecular formula is C31H41NO5. The molecule has 6 nitrogen and oxygen atoms in total. The van der Waals surface area contributed by atoms with Crippen molar-refractivity contribution in [3.05, 3.63) is 41.5 Å². The molecule has 3 fully saturated rings. The van der Waals surface area contributed by atoms with Gasteiger partial charge in [0.1, 0.15) is 11.7 Å². The summed E-state index contributed by atoms with van der Waals surface area (Å²) in [6.45, 7) is 6.54. The van der Waals surface area contributed by atoms with Crippen molar-refractivity contribution in [3.63, 3.8) is 0 Å². The van der Waals surface area contributed by atoms with Gasteiger partial charge in [0.25, 0.3) is 0 Å². The van der Waals surface area contributed by atoms with E-state index in [1.807, 2.05) is 43.3 Å². The van der Waals surface area contributed by atoms with E-state index in [1.54, 1.807) is 0 Å². The van der Waals surface area contributed by atoms with Gasteiger partial charge in [-0.3, -0.25) is 9.59 Å². The van der Waals surface area contributed by atoms with Crippen molar-refractivity contribution in [1.29, 1.82) is 0 Å². The van der Waals surface area contributed by atoms with Crippen LogP contribution in [0.5, 0.6) is 0 Å². The number of carboxylic acid groups (broad SMARTS) is 1. The molecule has 200 valence electrons. The molecular weight excluding hydrogens is 466 g/mol. The van der Waals surface area contributed by atoms with Crippen LogP contribution in [0, 0.1) is 45.8 Å². The second-order valence-electron chi connectivity index (χ2n) is 12.7. The number of carbonyl (C=O) groups is 3. The zero-order valence-electron chi connectivity index (χ0n) is 22.8. The Labute approximate surface area is 220 Å². The Morgan fingerprint density at radius 1 is 1.16 bits per heavy atom. The first kappa shape index (κ1) is 26.0. The summed E-state index contributed by atoms with van der Waals surface area (Å²) >= 11 is 0. The van der Waals surface area contributed by atoms with Gasteiger partial charge in [0, 0.05) is 25.2 Å². The maximum Gasteiger partial charge on any atom is 0.315 e. The molecule has 5 rings (SSSR count). The van der Waals surface area contributed by atoms with Crippen molar-refractivity contribution in [2.75, 3.05) is 25.6 Å². The summed E-state index contributed by atoms with van der Waals surface area (Å²) in [6, 6.07) is 7.83. The molecule has 1 aromatic carbocycles. The third-order valence-electron chi connectivity index (χ3n) is 10.7. The molecule has 0 heterocycles. The molecule has 0 spiro atoms. The lowest BCUT2D eigenvalue weighted by Gasteiger charge is -2.58. The lowest BCUT2D eigenvalue weighted by Crippen LogP contribution is -2.62. The number of hydrogen-bond acceptors (Lipinski definition) is 5. The minimum atomic E-state index is -1.21. The maximum atomic E-state index is 13.5. The molecule has 3 saturated carbocycles. The monoisotopic (exact) mass is 507 g/mol. The molecule has 4 bridgehead atoms. The van der Waals surface area contributed by atoms with E-state index < -0.39 is 22.2 Å². The predicted octanol–water partition coefficient (Wildman–Crippen LogP) is 5.15. The topological polar surface area (TPSA) is 83.9 Å². The largest absolute Gasteiger partial charge is 0.481 e. The van der Waals surface area contributed by atoms with E-state index in [2.05, 4.69) is 26.8 Å². The van der Waals surface area contributed by atoms with Crippen LogP contribution in [0.3, 0.4) is 0 Å². The van der Waals surface area contributed by atoms with Crippen LogP contribution >= 0.6 is 0 Å². The standard InChI is InChI=1S/C31H41NO5/c1-19(2)26-15-22-16-30(18-33)25-11-6-20(3)24(25)17-29(22,31(26,30)28(35)36)12-13-37-27(34)14-21-7-9-23(10-8-21)32(4)5/h7-10,15,18-20,22,24-25H,6,11-14,16-17H2,1-5H3,(H,35,36)/t20-,22?,24?,25?,29?,30?,31?/m1/s1. The number of fused-ring (bicyclic) bond motifs is 2. The van der Waals surface area contributed by atoms with Crippen LogP contribution in [0.1, 0.15) is 58.4 Å². The highest BCUT2D eigenvalue weighted by Crippen LogP contribution is 2.83. The van der Waals surface area contributed by atoms with Gasteiger partial charge in [0.15, 0.2) is 0 Å². The lowest BCUT2D eigenvalue weighted by molar-refractivity contribution is -0.182. The number of aldehydes is 1. The summed E-state index contributed by atoms with van der Waals surface area (Å²) in [6.07, 6.45) is 7.28. The Bertz CT molecular complexity index is 1120. The minimum Gasteiger partial charge on any atom is -0.481 e. The smallest absolute Gasteiger partial charge is 0.315 e. The molecule has 1 N–H and O–H groups in total. The number of anilines is 1. The van der Waals surface area contributed by atoms with Crippen molar-refractivity contribution >= 4 is 23.9 Å². The van der Waals surface area contributed by atoms with Crippen LogP contribution in [-0.2, 0) is 25.5 Å². The number of ether oxygens (including phenoxy) is 1. The molecule has 0 saturated heterocycles. The second-order valence-corrected chi connectivity index (χ2v) is 12.7. The van der Waals surface area contributed by atoms with E-state index in [4.69, 9.17) is 4.74 Å². The minimum absolute atomic E-state index is 0.0290. The van der Waals surface area contributed by atoms with Crippen LogP contribution in [0.25, 0.3) is 0 Å². The van der Waals surface area contributed by atoms with E-state index in [0.29, 0.717) is 24.7 Å². The summed E-state index contributed by atoms with van der Waals surface area (Å²) in [5.41, 5.74) is 0.210. The highest BCUT2D eigenvalue weighted by Gasteiger charge is 2.83. The van der Waals surface area contributed by atoms with E-state index in [9.17, 15) is 19.5 Å². The molecule has 4 aliphatic carbocycles. The third kappa shape index (κ3) is 3.39. The van der Waals surface area contributed by atoms with Gasteiger partial charge in [0.2, 0.25) is 0 Å². The zero-order chi connectivity index (χ0) is 26.8. The summed E-state index contributed by atoms with van der Waals surface area (Å²) in [5.74, 6) is -0.153. The van der Waals surface area contributed by atoms with E-state index >= 15 is 0 Å². The quantitative estimate of drug-likeness (QED) is 0.283. The van der Waals surface area contributed by atoms with Gasteiger partial charge in [-0.1, -0.05) is 51.0 Å². The molecule has 37 heavy (non-hydrogen) atoms. The van der Waals surface area contributed by atoms with Gasteiger partial charge in [0.05, 0.1) is 18.4 Å². The number of aliphatic carboxylic acids is 1. The lowest BCUT2D eigenvalue weighted by atomic mass is 9.42. The van der Waals surface area contributed by atoms with Crippen molar-refractivity contribution < 1.29 is 24.2 Å². The molecule has 7 atom stereocenters. The fourth-order valence-corrected chi connectivity index (χ4v) is 9.31. The average molecular weight is 508 g/mol. The molecule has 1 aromatic rings. The molecule has 0 aliphatic heterocycles. The summed E-state index contributed by atoms with van der Waals surface area (Å²) < 4.78 is 5.77. The predicted molar refractivity (Wildman–Crippen MR) is 142 cm³/mol. The molecule has 6 unspecified atom stereocenters. The van der Waals surface area contributed by atoms with Gasteiger partial charge >= 0.3 is 11.9 Å². The second kappa shape index (κ2) is 8.99. The summed E-state index contributed by atoms with van der Waals surface area (Å²) in [4.78, 5) is 41.3. The Morgan fingerprint density at radius 2 is 1.86 bits per heavy atom. The zero-order valence-corrected chi connectivity index (χ0v) is 22.8. The highest BCUT2D eigenvalue weighted by atomic mass is 16.5. The van der Waals surface area contributed by atoms with Crippen molar-refractivity contribution in [1.82, 2.24) is 0 Å². The number of benzene rings is 1. The van der Waals surface area contributed by atoms with Gasteiger partial charge in [-0.25, -0.2) is 0 Å². The summed E-state index contributed by atoms with van der Waals surface area (Å²) in [5, 5.41) is 11.0. The number of carboxylic acids is 1. The van der Waals surface area contributed by atoms with E-state index in [-0.39, 0.29) is 36.8 Å². The van der Waals surface area contributed by atoms with Crippen molar-refractivity contribution in [3.8, 4) is 0 Å². The average Bonchev–Trinajstić information content (AvgIpc) is 3.41. The highest BCUT2D eigenvalue weighted by molar-refractivity contribution is 5.90. The van der Waals surface area contributed by atoms with Gasteiger partial charge < -0.3 is 19.5 Å². The number of rotatable bonds is 9. The van der Waals surface area contributed by atoms with Gasteiger partial charge in [-0.05, 0) is 73.0 Å². The molecule has 4 aliphatic rings. The molecule has 0 amide bonds. The Kier molecular flexibility index (Phi) is 6.32. The first-order chi connectivity index (χ1) is 17.5. The first-order valence-corrected chi connectivity index (χ1v) is 13.9. The van der Waals surface area contributed by atoms with Crippen LogP contribution in [0.4, 0.5) is 5.69 Å². The van der Waals surface area contributed by atoms with Crippen LogP contribution < -0.4 is 4.90 Å². The number of allylic oxidation sites excluding steroid dienone is 1.